The van der Waals surface area contributed by atoms with Gasteiger partial charge in [-0.05, 0) is 49.5 Å². The molecule has 182 valence electrons. The molecule has 0 radical (unpaired) electrons. The van der Waals surface area contributed by atoms with Crippen LogP contribution in [0.1, 0.15) is 68.1 Å². The molecule has 2 aliphatic rings. The van der Waals surface area contributed by atoms with Crippen LogP contribution in [-0.4, -0.2) is 62.2 Å². The van der Waals surface area contributed by atoms with Crippen LogP contribution in [-0.2, 0) is 21.3 Å². The van der Waals surface area contributed by atoms with Gasteiger partial charge in [0.2, 0.25) is 10.0 Å². The molecule has 2 aromatic rings. The summed E-state index contributed by atoms with van der Waals surface area (Å²) in [7, 11) is -1.96. The number of amides is 1. The highest BCUT2D eigenvalue weighted by Gasteiger charge is 2.29. The highest BCUT2D eigenvalue weighted by molar-refractivity contribution is 7.89. The van der Waals surface area contributed by atoms with E-state index >= 15 is 0 Å². The number of nitrogens with one attached hydrogen (secondary N) is 1. The molecule has 10 heteroatoms. The van der Waals surface area contributed by atoms with E-state index in [1.54, 1.807) is 13.2 Å². The summed E-state index contributed by atoms with van der Waals surface area (Å²) in [6.45, 7) is 7.43. The van der Waals surface area contributed by atoms with Crippen LogP contribution in [0.25, 0.3) is 11.0 Å². The van der Waals surface area contributed by atoms with Crippen LogP contribution in [0, 0.1) is 11.8 Å². The smallest absolute Gasteiger partial charge is 0.283 e. The number of nitrogens with zero attached hydrogens (tertiary/aromatic N) is 4. The van der Waals surface area contributed by atoms with E-state index in [9.17, 15) is 13.2 Å². The highest BCUT2D eigenvalue weighted by Crippen LogP contribution is 2.37. The van der Waals surface area contributed by atoms with Gasteiger partial charge in [-0.25, -0.2) is 22.8 Å². The lowest BCUT2D eigenvalue weighted by molar-refractivity contribution is 0.0977. The molecule has 1 saturated heterocycles. The SMILES string of the molecule is COCC1CCN(c2cc(C(=O)NS(C)(=O)=O)nc3c2c(C(C)C)nn3CC2CCC2)CC1. The van der Waals surface area contributed by atoms with Crippen molar-refractivity contribution in [3.05, 3.63) is 17.5 Å². The average molecular weight is 478 g/mol. The Kier molecular flexibility index (Phi) is 6.95. The van der Waals surface area contributed by atoms with Gasteiger partial charge >= 0.3 is 0 Å². The Morgan fingerprint density at radius 1 is 1.21 bits per heavy atom. The van der Waals surface area contributed by atoms with Gasteiger partial charge in [0.15, 0.2) is 5.65 Å². The predicted octanol–water partition coefficient (Wildman–Crippen LogP) is 2.91. The summed E-state index contributed by atoms with van der Waals surface area (Å²) in [6, 6.07) is 1.74. The van der Waals surface area contributed by atoms with Gasteiger partial charge in [0.05, 0.1) is 23.0 Å². The minimum Gasteiger partial charge on any atom is -0.384 e. The number of sulfonamides is 1. The summed E-state index contributed by atoms with van der Waals surface area (Å²) in [4.78, 5) is 19.7. The summed E-state index contributed by atoms with van der Waals surface area (Å²) in [6.07, 6.45) is 6.55. The highest BCUT2D eigenvalue weighted by atomic mass is 32.2. The minimum atomic E-state index is -3.70. The first kappa shape index (κ1) is 23.9. The Morgan fingerprint density at radius 2 is 1.91 bits per heavy atom. The molecule has 3 heterocycles. The first-order valence-corrected chi connectivity index (χ1v) is 13.7. The van der Waals surface area contributed by atoms with Gasteiger partial charge in [-0.3, -0.25) is 4.79 Å². The zero-order valence-corrected chi connectivity index (χ0v) is 20.8. The number of ether oxygens (including phenoxy) is 1. The lowest BCUT2D eigenvalue weighted by Gasteiger charge is -2.34. The monoisotopic (exact) mass is 477 g/mol. The van der Waals surface area contributed by atoms with E-state index in [-0.39, 0.29) is 11.6 Å². The molecule has 1 amide bonds. The summed E-state index contributed by atoms with van der Waals surface area (Å²) in [5, 5.41) is 5.92. The Balaban J connectivity index is 1.81. The molecule has 33 heavy (non-hydrogen) atoms. The molecule has 0 aromatic carbocycles. The minimum absolute atomic E-state index is 0.104. The van der Waals surface area contributed by atoms with E-state index in [1.165, 1.54) is 19.3 Å². The van der Waals surface area contributed by atoms with Crippen molar-refractivity contribution in [2.45, 2.75) is 58.4 Å². The second-order valence-electron chi connectivity index (χ2n) is 9.83. The van der Waals surface area contributed by atoms with Crippen molar-refractivity contribution in [3.8, 4) is 0 Å². The van der Waals surface area contributed by atoms with E-state index in [1.807, 2.05) is 4.68 Å². The maximum absolute atomic E-state index is 12.8. The number of carbonyl (C=O) groups excluding carboxylic acids is 1. The Hall–Kier alpha value is -2.20. The van der Waals surface area contributed by atoms with Crippen LogP contribution in [0.2, 0.25) is 0 Å². The number of hydrogen-bond acceptors (Lipinski definition) is 7. The maximum atomic E-state index is 12.8. The van der Waals surface area contributed by atoms with Crippen LogP contribution in [0.5, 0.6) is 0 Å². The zero-order chi connectivity index (χ0) is 23.8. The molecule has 9 nitrogen and oxygen atoms in total. The summed E-state index contributed by atoms with van der Waals surface area (Å²) in [5.41, 5.74) is 2.66. The van der Waals surface area contributed by atoms with Crippen LogP contribution >= 0.6 is 0 Å². The number of piperidine rings is 1. The quantitative estimate of drug-likeness (QED) is 0.623. The number of pyridine rings is 1. The molecule has 2 fully saturated rings. The summed E-state index contributed by atoms with van der Waals surface area (Å²) >= 11 is 0. The molecule has 0 atom stereocenters. The van der Waals surface area contributed by atoms with Gasteiger partial charge < -0.3 is 9.64 Å². The third-order valence-electron chi connectivity index (χ3n) is 6.78. The van der Waals surface area contributed by atoms with Gasteiger partial charge in [0, 0.05) is 33.4 Å². The normalized spacial score (nSPS) is 18.2. The van der Waals surface area contributed by atoms with Gasteiger partial charge in [0.1, 0.15) is 5.69 Å². The number of carbonyl (C=O) groups is 1. The van der Waals surface area contributed by atoms with Crippen molar-refractivity contribution in [1.29, 1.82) is 0 Å². The van der Waals surface area contributed by atoms with E-state index in [0.717, 1.165) is 62.1 Å². The Bertz CT molecular complexity index is 1120. The molecule has 1 aliphatic heterocycles. The number of anilines is 1. The number of hydrogen-bond donors (Lipinski definition) is 1. The maximum Gasteiger partial charge on any atom is 0.283 e. The number of aromatic nitrogens is 3. The molecule has 4 rings (SSSR count). The summed E-state index contributed by atoms with van der Waals surface area (Å²) < 4.78 is 32.8. The lowest BCUT2D eigenvalue weighted by atomic mass is 9.85. The van der Waals surface area contributed by atoms with Gasteiger partial charge in [-0.1, -0.05) is 20.3 Å². The van der Waals surface area contributed by atoms with Crippen LogP contribution in [0.15, 0.2) is 6.07 Å². The van der Waals surface area contributed by atoms with E-state index in [2.05, 4.69) is 28.5 Å². The van der Waals surface area contributed by atoms with Gasteiger partial charge in [-0.2, -0.15) is 5.10 Å². The van der Waals surface area contributed by atoms with Crippen LogP contribution in [0.4, 0.5) is 5.69 Å². The fourth-order valence-electron chi connectivity index (χ4n) is 4.79. The fraction of sp³-hybridized carbons (Fsp3) is 0.696. The first-order chi connectivity index (χ1) is 15.7. The third kappa shape index (κ3) is 5.32. The van der Waals surface area contributed by atoms with E-state index < -0.39 is 15.9 Å². The lowest BCUT2D eigenvalue weighted by Crippen LogP contribution is -2.36. The topological polar surface area (TPSA) is 106 Å². The van der Waals surface area contributed by atoms with Crippen molar-refractivity contribution in [1.82, 2.24) is 19.5 Å². The molecule has 0 spiro atoms. The predicted molar refractivity (Wildman–Crippen MR) is 128 cm³/mol. The van der Waals surface area contributed by atoms with Crippen molar-refractivity contribution < 1.29 is 17.9 Å². The Labute approximate surface area is 195 Å². The average Bonchev–Trinajstić information content (AvgIpc) is 3.08. The van der Waals surface area contributed by atoms with E-state index in [4.69, 9.17) is 9.84 Å². The van der Waals surface area contributed by atoms with Crippen molar-refractivity contribution in [3.63, 3.8) is 0 Å². The summed E-state index contributed by atoms with van der Waals surface area (Å²) in [5.74, 6) is 0.564. The third-order valence-corrected chi connectivity index (χ3v) is 7.34. The molecule has 0 bridgehead atoms. The van der Waals surface area contributed by atoms with Crippen LogP contribution in [0.3, 0.4) is 0 Å². The van der Waals surface area contributed by atoms with Gasteiger partial charge in [-0.15, -0.1) is 0 Å². The molecular formula is C23H35N5O4S. The van der Waals surface area contributed by atoms with E-state index in [0.29, 0.717) is 17.5 Å². The second kappa shape index (κ2) is 9.58. The number of methoxy groups -OCH3 is 1. The largest absolute Gasteiger partial charge is 0.384 e. The van der Waals surface area contributed by atoms with Crippen molar-refractivity contribution in [2.24, 2.45) is 11.8 Å². The number of rotatable bonds is 8. The molecule has 0 unspecified atom stereocenters. The van der Waals surface area contributed by atoms with Crippen LogP contribution < -0.4 is 9.62 Å². The fourth-order valence-corrected chi connectivity index (χ4v) is 5.23. The molecule has 1 N–H and O–H groups in total. The first-order valence-electron chi connectivity index (χ1n) is 11.8. The molecule has 1 saturated carbocycles. The van der Waals surface area contributed by atoms with Gasteiger partial charge in [0.25, 0.3) is 5.91 Å². The molecule has 2 aromatic heterocycles. The molecule has 1 aliphatic carbocycles. The van der Waals surface area contributed by atoms with Crippen molar-refractivity contribution in [2.75, 3.05) is 38.0 Å². The molecular weight excluding hydrogens is 442 g/mol. The zero-order valence-electron chi connectivity index (χ0n) is 20.0. The standard InChI is InChI=1S/C23H35N5O4S/c1-15(2)21-20-19(27-10-8-17(9-11-27)14-32-3)12-18(23(29)26-33(4,30)31)24-22(20)28(25-21)13-16-6-5-7-16/h12,15-17H,5-11,13-14H2,1-4H3,(H,26,29). The second-order valence-corrected chi connectivity index (χ2v) is 11.6. The Morgan fingerprint density at radius 3 is 2.45 bits per heavy atom. The number of fused-ring (bicyclic) bond motifs is 1. The van der Waals surface area contributed by atoms with Crippen molar-refractivity contribution >= 4 is 32.7 Å².